The molecule has 3 aromatic rings. The van der Waals surface area contributed by atoms with Crippen LogP contribution in [0.5, 0.6) is 0 Å². The van der Waals surface area contributed by atoms with Crippen molar-refractivity contribution in [1.29, 1.82) is 0 Å². The Balaban J connectivity index is 1.23. The third-order valence-corrected chi connectivity index (χ3v) is 9.12. The highest BCUT2D eigenvalue weighted by molar-refractivity contribution is 7.89. The number of aromatic nitrogens is 3. The fraction of sp³-hybridized carbons (Fsp3) is 0.458. The maximum atomic E-state index is 13.3. The highest BCUT2D eigenvalue weighted by atomic mass is 32.2. The van der Waals surface area contributed by atoms with Crippen molar-refractivity contribution >= 4 is 32.6 Å². The summed E-state index contributed by atoms with van der Waals surface area (Å²) in [7, 11) is -3.61. The monoisotopic (exact) mass is 494 g/mol. The lowest BCUT2D eigenvalue weighted by Crippen LogP contribution is -2.49. The highest BCUT2D eigenvalue weighted by Gasteiger charge is 2.47. The van der Waals surface area contributed by atoms with Crippen LogP contribution in [0.15, 0.2) is 53.8 Å². The largest absolute Gasteiger partial charge is 0.367 e. The molecule has 3 aliphatic rings. The van der Waals surface area contributed by atoms with Crippen LogP contribution in [0, 0.1) is 0 Å². The number of anilines is 2. The van der Waals surface area contributed by atoms with Crippen LogP contribution in [0.25, 0.3) is 10.9 Å². The second-order valence-corrected chi connectivity index (χ2v) is 11.5. The topological polar surface area (TPSA) is 124 Å². The molecule has 0 saturated carbocycles. The number of nitrogens with zero attached hydrogens (tertiary/aromatic N) is 4. The van der Waals surface area contributed by atoms with Gasteiger partial charge < -0.3 is 10.6 Å². The fourth-order valence-corrected chi connectivity index (χ4v) is 7.52. The maximum absolute atomic E-state index is 13.3. The molecular weight excluding hydrogens is 464 g/mol. The van der Waals surface area contributed by atoms with Crippen molar-refractivity contribution < 1.29 is 8.42 Å². The molecule has 3 unspecified atom stereocenters. The second kappa shape index (κ2) is 8.98. The Kier molecular flexibility index (Phi) is 5.79. The molecule has 5 atom stereocenters. The van der Waals surface area contributed by atoms with Crippen molar-refractivity contribution in [1.82, 2.24) is 30.1 Å². The quantitative estimate of drug-likeness (QED) is 0.409. The van der Waals surface area contributed by atoms with Crippen LogP contribution in [-0.2, 0) is 10.0 Å². The number of nitrogens with one attached hydrogen (secondary N) is 4. The smallest absolute Gasteiger partial charge is 0.261 e. The molecule has 6 heterocycles. The fourth-order valence-electron chi connectivity index (χ4n) is 5.69. The minimum Gasteiger partial charge on any atom is -0.367 e. The van der Waals surface area contributed by atoms with Crippen molar-refractivity contribution in [2.75, 3.05) is 10.6 Å². The molecule has 3 fully saturated rings. The number of hydrogen-bond donors (Lipinski definition) is 4. The Morgan fingerprint density at radius 3 is 2.49 bits per heavy atom. The molecule has 184 valence electrons. The molecule has 11 heteroatoms. The summed E-state index contributed by atoms with van der Waals surface area (Å²) in [5.74, 6) is 1.53. The summed E-state index contributed by atoms with van der Waals surface area (Å²) in [6.45, 7) is 2.13. The van der Waals surface area contributed by atoms with Crippen molar-refractivity contribution in [2.45, 2.75) is 74.4 Å². The molecule has 3 aliphatic heterocycles. The van der Waals surface area contributed by atoms with E-state index in [0.717, 1.165) is 54.6 Å². The van der Waals surface area contributed by atoms with Crippen LogP contribution < -0.4 is 21.5 Å². The lowest BCUT2D eigenvalue weighted by molar-refractivity contribution is 0.234. The zero-order chi connectivity index (χ0) is 24.0. The van der Waals surface area contributed by atoms with E-state index in [-0.39, 0.29) is 29.3 Å². The van der Waals surface area contributed by atoms with Gasteiger partial charge in [0.1, 0.15) is 11.6 Å². The molecule has 2 bridgehead atoms. The van der Waals surface area contributed by atoms with Crippen molar-refractivity contribution in [3.8, 4) is 0 Å². The van der Waals surface area contributed by atoms with E-state index in [4.69, 9.17) is 4.98 Å². The predicted molar refractivity (Wildman–Crippen MR) is 134 cm³/mol. The Hall–Kier alpha value is -2.86. The van der Waals surface area contributed by atoms with Crippen LogP contribution in [0.3, 0.4) is 0 Å². The minimum atomic E-state index is -3.61. The Bertz CT molecular complexity index is 1310. The normalized spacial score (nSPS) is 28.9. The lowest BCUT2D eigenvalue weighted by Gasteiger charge is -2.38. The van der Waals surface area contributed by atoms with E-state index in [1.165, 1.54) is 6.20 Å². The molecule has 0 amide bonds. The molecule has 0 radical (unpaired) electrons. The van der Waals surface area contributed by atoms with E-state index in [1.54, 1.807) is 28.7 Å². The molecule has 0 aromatic carbocycles. The van der Waals surface area contributed by atoms with Crippen LogP contribution in [-0.4, -0.2) is 58.0 Å². The summed E-state index contributed by atoms with van der Waals surface area (Å²) in [5.41, 5.74) is 7.33. The zero-order valence-corrected chi connectivity index (χ0v) is 20.4. The van der Waals surface area contributed by atoms with Gasteiger partial charge in [0.2, 0.25) is 0 Å². The molecule has 4 N–H and O–H groups in total. The van der Waals surface area contributed by atoms with Gasteiger partial charge in [0.15, 0.2) is 5.03 Å². The molecule has 6 rings (SSSR count). The number of rotatable bonds is 6. The summed E-state index contributed by atoms with van der Waals surface area (Å²) in [4.78, 5) is 13.6. The Morgan fingerprint density at radius 2 is 1.77 bits per heavy atom. The number of hydrazine groups is 1. The third-order valence-electron chi connectivity index (χ3n) is 7.20. The molecule has 35 heavy (non-hydrogen) atoms. The summed E-state index contributed by atoms with van der Waals surface area (Å²) >= 11 is 0. The van der Waals surface area contributed by atoms with E-state index < -0.39 is 10.0 Å². The summed E-state index contributed by atoms with van der Waals surface area (Å²) in [6.07, 6.45) is 7.54. The van der Waals surface area contributed by atoms with Crippen LogP contribution in [0.1, 0.15) is 39.0 Å². The van der Waals surface area contributed by atoms with Gasteiger partial charge in [-0.3, -0.25) is 10.4 Å². The molecule has 3 aromatic heterocycles. The first-order valence-electron chi connectivity index (χ1n) is 12.2. The van der Waals surface area contributed by atoms with Gasteiger partial charge in [-0.15, -0.1) is 0 Å². The minimum absolute atomic E-state index is 0.0424. The SMILES string of the molecule is CC1CC(Nc2cc3ncccc3c(NC3C[C@H]4CC[C@@H](C3)N4S(=O)(=O)c3ccccn3)n2)NN1. The molecule has 3 saturated heterocycles. The number of piperidine rings is 1. The molecule has 0 aliphatic carbocycles. The van der Waals surface area contributed by atoms with Gasteiger partial charge in [-0.2, -0.15) is 4.31 Å². The van der Waals surface area contributed by atoms with Gasteiger partial charge in [-0.25, -0.2) is 23.8 Å². The van der Waals surface area contributed by atoms with E-state index >= 15 is 0 Å². The lowest BCUT2D eigenvalue weighted by atomic mass is 9.99. The number of fused-ring (bicyclic) bond motifs is 3. The van der Waals surface area contributed by atoms with Crippen LogP contribution in [0.4, 0.5) is 11.6 Å². The van der Waals surface area contributed by atoms with Crippen LogP contribution >= 0.6 is 0 Å². The first-order chi connectivity index (χ1) is 17.0. The van der Waals surface area contributed by atoms with Gasteiger partial charge in [-0.05, 0) is 63.3 Å². The Morgan fingerprint density at radius 1 is 0.971 bits per heavy atom. The van der Waals surface area contributed by atoms with Gasteiger partial charge in [0.25, 0.3) is 10.0 Å². The van der Waals surface area contributed by atoms with Crippen molar-refractivity contribution in [2.24, 2.45) is 0 Å². The van der Waals surface area contributed by atoms with Gasteiger partial charge >= 0.3 is 0 Å². The summed E-state index contributed by atoms with van der Waals surface area (Å²) in [6, 6.07) is 11.4. The van der Waals surface area contributed by atoms with Gasteiger partial charge in [0, 0.05) is 48.0 Å². The van der Waals surface area contributed by atoms with Gasteiger partial charge in [-0.1, -0.05) is 6.07 Å². The zero-order valence-electron chi connectivity index (χ0n) is 19.6. The second-order valence-electron chi connectivity index (χ2n) is 9.75. The van der Waals surface area contributed by atoms with Gasteiger partial charge in [0.05, 0.1) is 11.7 Å². The molecule has 10 nitrogen and oxygen atoms in total. The molecular formula is C24H30N8O2S. The number of pyridine rings is 3. The average molecular weight is 495 g/mol. The van der Waals surface area contributed by atoms with Crippen molar-refractivity contribution in [3.63, 3.8) is 0 Å². The number of hydrogen-bond acceptors (Lipinski definition) is 9. The van der Waals surface area contributed by atoms with Crippen LogP contribution in [0.2, 0.25) is 0 Å². The molecule has 0 spiro atoms. The predicted octanol–water partition coefficient (Wildman–Crippen LogP) is 2.45. The highest BCUT2D eigenvalue weighted by Crippen LogP contribution is 2.40. The van der Waals surface area contributed by atoms with E-state index in [0.29, 0.717) is 6.04 Å². The average Bonchev–Trinajstić information content (AvgIpc) is 3.39. The van der Waals surface area contributed by atoms with E-state index in [2.05, 4.69) is 38.4 Å². The first-order valence-corrected chi connectivity index (χ1v) is 13.7. The standard InChI is InChI=1S/C24H30N8O2S/c1-15-11-22(31-30-15)28-21-14-20-19(5-4-10-25-20)24(29-21)27-16-12-17-7-8-18(13-16)32(17)35(33,34)23-6-2-3-9-26-23/h2-6,9-10,14-18,22,30-31H,7-8,11-13H2,1H3,(H2,27,28,29)/t15?,16?,17-,18+,22?. The number of sulfonamides is 1. The van der Waals surface area contributed by atoms with E-state index in [1.807, 2.05) is 18.2 Å². The summed E-state index contributed by atoms with van der Waals surface area (Å²) in [5, 5.41) is 8.19. The maximum Gasteiger partial charge on any atom is 0.261 e. The van der Waals surface area contributed by atoms with E-state index in [9.17, 15) is 8.42 Å². The Labute approximate surface area is 205 Å². The summed E-state index contributed by atoms with van der Waals surface area (Å²) < 4.78 is 28.4. The van der Waals surface area contributed by atoms with Crippen molar-refractivity contribution in [3.05, 3.63) is 48.8 Å². The first kappa shape index (κ1) is 22.6. The third kappa shape index (κ3) is 4.33.